The SMILES string of the molecule is O=C(CCc1ccsc1)NC1CC(=O)N(C2Cc3ccccc3C2)C1. The highest BCUT2D eigenvalue weighted by atomic mass is 32.1. The molecule has 2 heterocycles. The zero-order valence-corrected chi connectivity index (χ0v) is 14.9. The maximum Gasteiger partial charge on any atom is 0.225 e. The first-order chi connectivity index (χ1) is 12.2. The van der Waals surface area contributed by atoms with Crippen LogP contribution < -0.4 is 5.32 Å². The molecule has 1 aliphatic carbocycles. The second-order valence-electron chi connectivity index (χ2n) is 6.98. The van der Waals surface area contributed by atoms with Crippen molar-refractivity contribution in [1.29, 1.82) is 0 Å². The first-order valence-corrected chi connectivity index (χ1v) is 9.80. The van der Waals surface area contributed by atoms with Crippen LogP contribution >= 0.6 is 11.3 Å². The number of carbonyl (C=O) groups excluding carboxylic acids is 2. The molecule has 4 rings (SSSR count). The Balaban J connectivity index is 1.30. The molecule has 4 nitrogen and oxygen atoms in total. The van der Waals surface area contributed by atoms with E-state index in [9.17, 15) is 9.59 Å². The number of thiophene rings is 1. The van der Waals surface area contributed by atoms with Crippen LogP contribution in [0.15, 0.2) is 41.1 Å². The van der Waals surface area contributed by atoms with E-state index in [0.29, 0.717) is 19.4 Å². The minimum absolute atomic E-state index is 0.0422. The summed E-state index contributed by atoms with van der Waals surface area (Å²) in [4.78, 5) is 26.6. The summed E-state index contributed by atoms with van der Waals surface area (Å²) in [5.74, 6) is 0.210. The number of hydrogen-bond donors (Lipinski definition) is 1. The van der Waals surface area contributed by atoms with Crippen molar-refractivity contribution in [3.05, 3.63) is 57.8 Å². The summed E-state index contributed by atoms with van der Waals surface area (Å²) in [7, 11) is 0. The first-order valence-electron chi connectivity index (χ1n) is 8.86. The minimum atomic E-state index is -0.0498. The zero-order valence-electron chi connectivity index (χ0n) is 14.1. The molecule has 0 saturated carbocycles. The van der Waals surface area contributed by atoms with Crippen LogP contribution in [-0.2, 0) is 28.9 Å². The van der Waals surface area contributed by atoms with Gasteiger partial charge >= 0.3 is 0 Å². The summed E-state index contributed by atoms with van der Waals surface area (Å²) in [6, 6.07) is 10.7. The molecule has 1 aromatic carbocycles. The van der Waals surface area contributed by atoms with E-state index in [1.807, 2.05) is 10.3 Å². The highest BCUT2D eigenvalue weighted by molar-refractivity contribution is 7.07. The molecule has 0 bridgehead atoms. The summed E-state index contributed by atoms with van der Waals surface area (Å²) in [5.41, 5.74) is 3.90. The van der Waals surface area contributed by atoms with E-state index < -0.39 is 0 Å². The predicted molar refractivity (Wildman–Crippen MR) is 98.5 cm³/mol. The Morgan fingerprint density at radius 2 is 1.92 bits per heavy atom. The van der Waals surface area contributed by atoms with Gasteiger partial charge in [-0.05, 0) is 52.8 Å². The molecule has 130 valence electrons. The standard InChI is InChI=1S/C20H22N2O2S/c23-19(6-5-14-7-8-25-13-14)21-17-11-20(24)22(12-17)18-9-15-3-1-2-4-16(15)10-18/h1-4,7-8,13,17-18H,5-6,9-12H2,(H,21,23). The number of aryl methyl sites for hydroxylation is 1. The third-order valence-electron chi connectivity index (χ3n) is 5.21. The fourth-order valence-electron chi connectivity index (χ4n) is 3.93. The number of hydrogen-bond acceptors (Lipinski definition) is 3. The second kappa shape index (κ2) is 7.00. The van der Waals surface area contributed by atoms with Gasteiger partial charge in [0.05, 0.1) is 6.04 Å². The molecule has 25 heavy (non-hydrogen) atoms. The van der Waals surface area contributed by atoms with Crippen LogP contribution in [0.5, 0.6) is 0 Å². The molecule has 1 aliphatic heterocycles. The van der Waals surface area contributed by atoms with Crippen molar-refractivity contribution in [3.8, 4) is 0 Å². The molecule has 0 radical (unpaired) electrons. The third kappa shape index (κ3) is 3.61. The van der Waals surface area contributed by atoms with Gasteiger partial charge in [0.2, 0.25) is 11.8 Å². The molecule has 2 aromatic rings. The maximum absolute atomic E-state index is 12.4. The molecule has 1 unspecified atom stereocenters. The Hall–Kier alpha value is -2.14. The largest absolute Gasteiger partial charge is 0.351 e. The molecule has 1 saturated heterocycles. The summed E-state index contributed by atoms with van der Waals surface area (Å²) in [6.07, 6.45) is 3.53. The van der Waals surface area contributed by atoms with Crippen molar-refractivity contribution in [1.82, 2.24) is 10.2 Å². The molecular weight excluding hydrogens is 332 g/mol. The van der Waals surface area contributed by atoms with E-state index in [4.69, 9.17) is 0 Å². The van der Waals surface area contributed by atoms with Crippen molar-refractivity contribution in [2.24, 2.45) is 0 Å². The number of likely N-dealkylation sites (tertiary alicyclic amines) is 1. The number of rotatable bonds is 5. The van der Waals surface area contributed by atoms with Crippen LogP contribution in [0.25, 0.3) is 0 Å². The molecule has 2 aliphatic rings. The summed E-state index contributed by atoms with van der Waals surface area (Å²) in [5, 5.41) is 7.15. The molecule has 1 atom stereocenters. The van der Waals surface area contributed by atoms with Crippen molar-refractivity contribution in [2.45, 2.75) is 44.2 Å². The number of nitrogens with one attached hydrogen (secondary N) is 1. The van der Waals surface area contributed by atoms with Crippen LogP contribution in [0.2, 0.25) is 0 Å². The number of fused-ring (bicyclic) bond motifs is 1. The number of amides is 2. The lowest BCUT2D eigenvalue weighted by Crippen LogP contribution is -2.41. The maximum atomic E-state index is 12.4. The van der Waals surface area contributed by atoms with Gasteiger partial charge < -0.3 is 10.2 Å². The molecule has 5 heteroatoms. The van der Waals surface area contributed by atoms with Crippen LogP contribution in [0.3, 0.4) is 0 Å². The van der Waals surface area contributed by atoms with Gasteiger partial charge in [-0.3, -0.25) is 9.59 Å². The lowest BCUT2D eigenvalue weighted by atomic mass is 10.1. The Bertz CT molecular complexity index is 747. The Morgan fingerprint density at radius 1 is 1.16 bits per heavy atom. The molecule has 1 N–H and O–H groups in total. The molecule has 0 spiro atoms. The van der Waals surface area contributed by atoms with Gasteiger partial charge in [0.25, 0.3) is 0 Å². The van der Waals surface area contributed by atoms with Crippen LogP contribution in [0.1, 0.15) is 29.5 Å². The Morgan fingerprint density at radius 3 is 2.60 bits per heavy atom. The van der Waals surface area contributed by atoms with Crippen molar-refractivity contribution in [3.63, 3.8) is 0 Å². The highest BCUT2D eigenvalue weighted by Gasteiger charge is 2.37. The smallest absolute Gasteiger partial charge is 0.225 e. The summed E-state index contributed by atoms with van der Waals surface area (Å²) < 4.78 is 0. The van der Waals surface area contributed by atoms with Crippen molar-refractivity contribution in [2.75, 3.05) is 6.54 Å². The average Bonchev–Trinajstić information content (AvgIpc) is 3.32. The normalized spacial score (nSPS) is 20.1. The number of benzene rings is 1. The minimum Gasteiger partial charge on any atom is -0.351 e. The second-order valence-corrected chi connectivity index (χ2v) is 7.76. The highest BCUT2D eigenvalue weighted by Crippen LogP contribution is 2.28. The summed E-state index contributed by atoms with van der Waals surface area (Å²) >= 11 is 1.65. The van der Waals surface area contributed by atoms with Crippen LogP contribution in [-0.4, -0.2) is 35.3 Å². The molecule has 2 amide bonds. The van der Waals surface area contributed by atoms with Gasteiger partial charge in [-0.15, -0.1) is 0 Å². The third-order valence-corrected chi connectivity index (χ3v) is 5.95. The van der Waals surface area contributed by atoms with Gasteiger partial charge in [0.1, 0.15) is 0 Å². The molecule has 1 fully saturated rings. The first kappa shape index (κ1) is 16.3. The Labute approximate surface area is 151 Å². The lowest BCUT2D eigenvalue weighted by Gasteiger charge is -2.24. The monoisotopic (exact) mass is 354 g/mol. The van der Waals surface area contributed by atoms with E-state index in [1.165, 1.54) is 16.7 Å². The number of carbonyl (C=O) groups is 2. The topological polar surface area (TPSA) is 49.4 Å². The fourth-order valence-corrected chi connectivity index (χ4v) is 4.63. The van der Waals surface area contributed by atoms with Gasteiger partial charge in [-0.2, -0.15) is 11.3 Å². The summed E-state index contributed by atoms with van der Waals surface area (Å²) in [6.45, 7) is 0.641. The van der Waals surface area contributed by atoms with E-state index in [-0.39, 0.29) is 23.9 Å². The average molecular weight is 354 g/mol. The van der Waals surface area contributed by atoms with Crippen LogP contribution in [0, 0.1) is 0 Å². The van der Waals surface area contributed by atoms with Crippen molar-refractivity contribution >= 4 is 23.2 Å². The van der Waals surface area contributed by atoms with Gasteiger partial charge in [0, 0.05) is 25.4 Å². The number of nitrogens with zero attached hydrogens (tertiary/aromatic N) is 1. The zero-order chi connectivity index (χ0) is 17.2. The van der Waals surface area contributed by atoms with Gasteiger partial charge in [-0.1, -0.05) is 24.3 Å². The molecule has 1 aromatic heterocycles. The quantitative estimate of drug-likeness (QED) is 0.897. The van der Waals surface area contributed by atoms with E-state index in [2.05, 4.69) is 41.0 Å². The van der Waals surface area contributed by atoms with E-state index in [0.717, 1.165) is 19.3 Å². The van der Waals surface area contributed by atoms with Gasteiger partial charge in [-0.25, -0.2) is 0 Å². The fraction of sp³-hybridized carbons (Fsp3) is 0.400. The molecular formula is C20H22N2O2S. The van der Waals surface area contributed by atoms with E-state index >= 15 is 0 Å². The Kier molecular flexibility index (Phi) is 4.57. The van der Waals surface area contributed by atoms with Crippen LogP contribution in [0.4, 0.5) is 0 Å². The lowest BCUT2D eigenvalue weighted by molar-refractivity contribution is -0.129. The van der Waals surface area contributed by atoms with Gasteiger partial charge in [0.15, 0.2) is 0 Å². The van der Waals surface area contributed by atoms with E-state index in [1.54, 1.807) is 11.3 Å². The predicted octanol–water partition coefficient (Wildman–Crippen LogP) is 2.57. The van der Waals surface area contributed by atoms with Crippen molar-refractivity contribution < 1.29 is 9.59 Å².